The first-order valence-corrected chi connectivity index (χ1v) is 5.93. The van der Waals surface area contributed by atoms with E-state index in [1.54, 1.807) is 13.2 Å². The number of halogens is 1. The molecule has 92 valence electrons. The SMILES string of the molecule is COc1ccc2c(c1)C(CN)c1cccc(F)c1-2. The van der Waals surface area contributed by atoms with Gasteiger partial charge < -0.3 is 10.5 Å². The maximum absolute atomic E-state index is 14.0. The van der Waals surface area contributed by atoms with Gasteiger partial charge in [0, 0.05) is 18.0 Å². The second-order valence-electron chi connectivity index (χ2n) is 4.45. The van der Waals surface area contributed by atoms with Gasteiger partial charge in [-0.3, -0.25) is 0 Å². The lowest BCUT2D eigenvalue weighted by Crippen LogP contribution is -2.11. The van der Waals surface area contributed by atoms with Crippen molar-refractivity contribution in [1.82, 2.24) is 0 Å². The van der Waals surface area contributed by atoms with Gasteiger partial charge in [-0.05, 0) is 34.9 Å². The van der Waals surface area contributed by atoms with Crippen LogP contribution in [0.25, 0.3) is 11.1 Å². The monoisotopic (exact) mass is 243 g/mol. The van der Waals surface area contributed by atoms with Crippen LogP contribution >= 0.6 is 0 Å². The molecular formula is C15H14FNO. The smallest absolute Gasteiger partial charge is 0.131 e. The second-order valence-corrected chi connectivity index (χ2v) is 4.45. The molecule has 18 heavy (non-hydrogen) atoms. The molecule has 0 radical (unpaired) electrons. The molecule has 1 aliphatic rings. The number of hydrogen-bond acceptors (Lipinski definition) is 2. The van der Waals surface area contributed by atoms with Crippen molar-refractivity contribution < 1.29 is 9.13 Å². The number of ether oxygens (including phenoxy) is 1. The highest BCUT2D eigenvalue weighted by molar-refractivity contribution is 5.80. The zero-order valence-electron chi connectivity index (χ0n) is 10.1. The molecule has 2 nitrogen and oxygen atoms in total. The van der Waals surface area contributed by atoms with E-state index in [1.165, 1.54) is 6.07 Å². The van der Waals surface area contributed by atoms with Gasteiger partial charge in [0.25, 0.3) is 0 Å². The summed E-state index contributed by atoms with van der Waals surface area (Å²) in [5.41, 5.74) is 9.48. The lowest BCUT2D eigenvalue weighted by atomic mass is 9.97. The normalized spacial score (nSPS) is 16.3. The Hall–Kier alpha value is -1.87. The van der Waals surface area contributed by atoms with E-state index in [4.69, 9.17) is 10.5 Å². The molecule has 2 aromatic carbocycles. The van der Waals surface area contributed by atoms with Crippen molar-refractivity contribution in [1.29, 1.82) is 0 Å². The highest BCUT2D eigenvalue weighted by Gasteiger charge is 2.30. The quantitative estimate of drug-likeness (QED) is 0.880. The predicted molar refractivity (Wildman–Crippen MR) is 69.3 cm³/mol. The lowest BCUT2D eigenvalue weighted by molar-refractivity contribution is 0.414. The van der Waals surface area contributed by atoms with Crippen LogP contribution in [0.2, 0.25) is 0 Å². The maximum Gasteiger partial charge on any atom is 0.131 e. The lowest BCUT2D eigenvalue weighted by Gasteiger charge is -2.11. The van der Waals surface area contributed by atoms with E-state index in [2.05, 4.69) is 0 Å². The Morgan fingerprint density at radius 3 is 2.78 bits per heavy atom. The predicted octanol–water partition coefficient (Wildman–Crippen LogP) is 2.91. The first-order chi connectivity index (χ1) is 8.76. The number of fused-ring (bicyclic) bond motifs is 3. The number of nitrogens with two attached hydrogens (primary N) is 1. The van der Waals surface area contributed by atoms with Crippen molar-refractivity contribution >= 4 is 0 Å². The summed E-state index contributed by atoms with van der Waals surface area (Å²) in [6, 6.07) is 10.9. The Labute approximate surface area is 105 Å². The average Bonchev–Trinajstić information content (AvgIpc) is 2.72. The third kappa shape index (κ3) is 1.44. The molecule has 3 rings (SSSR count). The molecule has 0 bridgehead atoms. The van der Waals surface area contributed by atoms with Crippen LogP contribution in [0.5, 0.6) is 5.75 Å². The van der Waals surface area contributed by atoms with Gasteiger partial charge in [0.15, 0.2) is 0 Å². The summed E-state index contributed by atoms with van der Waals surface area (Å²) in [6.45, 7) is 0.469. The Bertz CT molecular complexity index is 609. The first-order valence-electron chi connectivity index (χ1n) is 5.93. The van der Waals surface area contributed by atoms with E-state index >= 15 is 0 Å². The van der Waals surface area contributed by atoms with Gasteiger partial charge in [-0.1, -0.05) is 18.2 Å². The van der Waals surface area contributed by atoms with Crippen molar-refractivity contribution in [2.75, 3.05) is 13.7 Å². The van der Waals surface area contributed by atoms with Crippen LogP contribution in [-0.4, -0.2) is 13.7 Å². The van der Waals surface area contributed by atoms with Crippen LogP contribution in [0.15, 0.2) is 36.4 Å². The van der Waals surface area contributed by atoms with Crippen molar-refractivity contribution in [2.45, 2.75) is 5.92 Å². The van der Waals surface area contributed by atoms with E-state index in [0.717, 1.165) is 22.4 Å². The Balaban J connectivity index is 2.28. The summed E-state index contributed by atoms with van der Waals surface area (Å²) in [4.78, 5) is 0. The van der Waals surface area contributed by atoms with Gasteiger partial charge in [-0.2, -0.15) is 0 Å². The molecule has 2 N–H and O–H groups in total. The summed E-state index contributed by atoms with van der Waals surface area (Å²) in [6.07, 6.45) is 0. The molecule has 0 heterocycles. The molecule has 0 spiro atoms. The summed E-state index contributed by atoms with van der Waals surface area (Å²) >= 11 is 0. The van der Waals surface area contributed by atoms with E-state index in [-0.39, 0.29) is 11.7 Å². The molecule has 0 aliphatic heterocycles. The molecule has 3 heteroatoms. The van der Waals surface area contributed by atoms with Gasteiger partial charge >= 0.3 is 0 Å². The molecule has 1 unspecified atom stereocenters. The fourth-order valence-corrected chi connectivity index (χ4v) is 2.72. The van der Waals surface area contributed by atoms with E-state index in [9.17, 15) is 4.39 Å². The molecule has 2 aromatic rings. The van der Waals surface area contributed by atoms with Crippen molar-refractivity contribution in [3.05, 3.63) is 53.3 Å². The Morgan fingerprint density at radius 2 is 2.06 bits per heavy atom. The maximum atomic E-state index is 14.0. The summed E-state index contributed by atoms with van der Waals surface area (Å²) in [5.74, 6) is 0.649. The largest absolute Gasteiger partial charge is 0.497 e. The average molecular weight is 243 g/mol. The molecule has 0 saturated heterocycles. The Kier molecular flexibility index (Phi) is 2.56. The van der Waals surface area contributed by atoms with Gasteiger partial charge in [-0.15, -0.1) is 0 Å². The number of benzene rings is 2. The molecule has 1 atom stereocenters. The highest BCUT2D eigenvalue weighted by Crippen LogP contribution is 2.46. The highest BCUT2D eigenvalue weighted by atomic mass is 19.1. The third-order valence-corrected chi connectivity index (χ3v) is 3.56. The standard InChI is InChI=1S/C15H14FNO/c1-18-9-5-6-11-12(7-9)13(8-17)10-3-2-4-14(16)15(10)11/h2-7,13H,8,17H2,1H3. The molecule has 0 saturated carbocycles. The minimum Gasteiger partial charge on any atom is -0.497 e. The van der Waals surface area contributed by atoms with Crippen LogP contribution in [0.4, 0.5) is 4.39 Å². The molecule has 0 amide bonds. The van der Waals surface area contributed by atoms with Crippen LogP contribution in [0.3, 0.4) is 0 Å². The number of rotatable bonds is 2. The van der Waals surface area contributed by atoms with Gasteiger partial charge in [0.05, 0.1) is 7.11 Å². The van der Waals surface area contributed by atoms with Gasteiger partial charge in [0.2, 0.25) is 0 Å². The van der Waals surface area contributed by atoms with Crippen LogP contribution in [0.1, 0.15) is 17.0 Å². The van der Waals surface area contributed by atoms with Crippen molar-refractivity contribution in [3.8, 4) is 16.9 Å². The number of hydrogen-bond donors (Lipinski definition) is 1. The van der Waals surface area contributed by atoms with Crippen LogP contribution in [0, 0.1) is 5.82 Å². The van der Waals surface area contributed by atoms with Gasteiger partial charge in [0.1, 0.15) is 11.6 Å². The van der Waals surface area contributed by atoms with E-state index in [1.807, 2.05) is 24.3 Å². The van der Waals surface area contributed by atoms with E-state index < -0.39 is 0 Å². The molecule has 1 aliphatic carbocycles. The fraction of sp³-hybridized carbons (Fsp3) is 0.200. The summed E-state index contributed by atoms with van der Waals surface area (Å²) in [5, 5.41) is 0. The topological polar surface area (TPSA) is 35.2 Å². The zero-order valence-corrected chi connectivity index (χ0v) is 10.1. The summed E-state index contributed by atoms with van der Waals surface area (Å²) in [7, 11) is 1.63. The first kappa shape index (κ1) is 11.2. The second kappa shape index (κ2) is 4.10. The minimum absolute atomic E-state index is 0.0563. The molecule has 0 fully saturated rings. The number of methoxy groups -OCH3 is 1. The van der Waals surface area contributed by atoms with E-state index in [0.29, 0.717) is 12.1 Å². The summed E-state index contributed by atoms with van der Waals surface area (Å²) < 4.78 is 19.2. The van der Waals surface area contributed by atoms with Crippen molar-refractivity contribution in [2.24, 2.45) is 5.73 Å². The zero-order chi connectivity index (χ0) is 12.7. The molecular weight excluding hydrogens is 229 g/mol. The Morgan fingerprint density at radius 1 is 1.22 bits per heavy atom. The van der Waals surface area contributed by atoms with Crippen molar-refractivity contribution in [3.63, 3.8) is 0 Å². The van der Waals surface area contributed by atoms with Gasteiger partial charge in [-0.25, -0.2) is 4.39 Å². The third-order valence-electron chi connectivity index (χ3n) is 3.56. The minimum atomic E-state index is -0.185. The fourth-order valence-electron chi connectivity index (χ4n) is 2.72. The van der Waals surface area contributed by atoms with Crippen LogP contribution < -0.4 is 10.5 Å². The van der Waals surface area contributed by atoms with Crippen LogP contribution in [-0.2, 0) is 0 Å². The molecule has 0 aromatic heterocycles.